The topological polar surface area (TPSA) is 63.2 Å². The van der Waals surface area contributed by atoms with Crippen LogP contribution in [0.5, 0.6) is 11.5 Å². The standard InChI is InChI=1S/C26H29N3O3/c1-3-13-29(14-4-2)22-11-9-19(10-12-22)17-27-28-26(30)25-18-31-23-15-20-7-5-6-8-21(20)16-24(23)32-25/h5-12,15-17,25H,3-4,13-14,18H2,1-2H3,(H,28,30)/b27-17+/t25-/m1/s1. The van der Waals surface area contributed by atoms with E-state index in [4.69, 9.17) is 9.47 Å². The van der Waals surface area contributed by atoms with Gasteiger partial charge in [-0.05, 0) is 53.4 Å². The van der Waals surface area contributed by atoms with Crippen molar-refractivity contribution in [2.45, 2.75) is 32.8 Å². The van der Waals surface area contributed by atoms with E-state index in [2.05, 4.69) is 41.4 Å². The Morgan fingerprint density at radius 3 is 2.34 bits per heavy atom. The number of carbonyl (C=O) groups excluding carboxylic acids is 1. The van der Waals surface area contributed by atoms with Crippen LogP contribution in [0.3, 0.4) is 0 Å². The Bertz CT molecular complexity index is 1090. The summed E-state index contributed by atoms with van der Waals surface area (Å²) in [6.45, 7) is 6.61. The molecular weight excluding hydrogens is 402 g/mol. The van der Waals surface area contributed by atoms with E-state index in [1.807, 2.05) is 48.5 Å². The molecule has 1 heterocycles. The van der Waals surface area contributed by atoms with Crippen LogP contribution >= 0.6 is 0 Å². The third kappa shape index (κ3) is 5.02. The molecule has 1 amide bonds. The van der Waals surface area contributed by atoms with E-state index in [1.165, 1.54) is 5.69 Å². The van der Waals surface area contributed by atoms with Gasteiger partial charge in [-0.2, -0.15) is 5.10 Å². The van der Waals surface area contributed by atoms with Gasteiger partial charge in [0.25, 0.3) is 5.91 Å². The summed E-state index contributed by atoms with van der Waals surface area (Å²) in [4.78, 5) is 14.9. The monoisotopic (exact) mass is 431 g/mol. The van der Waals surface area contributed by atoms with Gasteiger partial charge in [0, 0.05) is 18.8 Å². The molecule has 3 aromatic rings. The molecule has 1 atom stereocenters. The van der Waals surface area contributed by atoms with Crippen molar-refractivity contribution in [2.75, 3.05) is 24.6 Å². The second kappa shape index (κ2) is 10.2. The SMILES string of the molecule is CCCN(CCC)c1ccc(/C=N/NC(=O)[C@H]2COc3cc4ccccc4cc3O2)cc1. The molecule has 0 aliphatic carbocycles. The lowest BCUT2D eigenvalue weighted by atomic mass is 10.1. The first-order valence-corrected chi connectivity index (χ1v) is 11.2. The molecule has 6 nitrogen and oxygen atoms in total. The van der Waals surface area contributed by atoms with Crippen LogP contribution in [0.1, 0.15) is 32.3 Å². The zero-order valence-electron chi connectivity index (χ0n) is 18.6. The van der Waals surface area contributed by atoms with Crippen molar-refractivity contribution < 1.29 is 14.3 Å². The first-order chi connectivity index (χ1) is 15.7. The predicted molar refractivity (Wildman–Crippen MR) is 129 cm³/mol. The van der Waals surface area contributed by atoms with Crippen LogP contribution in [-0.4, -0.2) is 37.9 Å². The van der Waals surface area contributed by atoms with Gasteiger partial charge in [0.05, 0.1) is 6.21 Å². The molecule has 32 heavy (non-hydrogen) atoms. The maximum Gasteiger partial charge on any atom is 0.284 e. The molecule has 0 fully saturated rings. The van der Waals surface area contributed by atoms with Gasteiger partial charge >= 0.3 is 0 Å². The third-order valence-electron chi connectivity index (χ3n) is 5.40. The van der Waals surface area contributed by atoms with Crippen LogP contribution < -0.4 is 19.8 Å². The van der Waals surface area contributed by atoms with Crippen LogP contribution in [0.25, 0.3) is 10.8 Å². The van der Waals surface area contributed by atoms with Crippen molar-refractivity contribution in [3.05, 3.63) is 66.2 Å². The van der Waals surface area contributed by atoms with Gasteiger partial charge in [-0.25, -0.2) is 5.43 Å². The summed E-state index contributed by atoms with van der Waals surface area (Å²) in [5, 5.41) is 6.20. The Balaban J connectivity index is 1.35. The van der Waals surface area contributed by atoms with Gasteiger partial charge in [-0.15, -0.1) is 0 Å². The van der Waals surface area contributed by atoms with Crippen LogP contribution in [0.15, 0.2) is 65.8 Å². The summed E-state index contributed by atoms with van der Waals surface area (Å²) in [5.74, 6) is 0.878. The van der Waals surface area contributed by atoms with Crippen molar-refractivity contribution in [3.63, 3.8) is 0 Å². The fourth-order valence-corrected chi connectivity index (χ4v) is 3.81. The third-order valence-corrected chi connectivity index (χ3v) is 5.40. The fourth-order valence-electron chi connectivity index (χ4n) is 3.81. The number of amides is 1. The van der Waals surface area contributed by atoms with Gasteiger partial charge in [0.1, 0.15) is 6.61 Å². The zero-order valence-corrected chi connectivity index (χ0v) is 18.6. The summed E-state index contributed by atoms with van der Waals surface area (Å²) in [5.41, 5.74) is 4.68. The molecular formula is C26H29N3O3. The number of hydrogen-bond acceptors (Lipinski definition) is 5. The molecule has 0 unspecified atom stereocenters. The number of carbonyl (C=O) groups is 1. The second-order valence-electron chi connectivity index (χ2n) is 7.88. The number of ether oxygens (including phenoxy) is 2. The van der Waals surface area contributed by atoms with Crippen LogP contribution in [-0.2, 0) is 4.79 Å². The van der Waals surface area contributed by atoms with E-state index in [-0.39, 0.29) is 12.5 Å². The number of rotatable bonds is 8. The molecule has 4 rings (SSSR count). The minimum absolute atomic E-state index is 0.145. The number of nitrogens with one attached hydrogen (secondary N) is 1. The molecule has 3 aromatic carbocycles. The Hall–Kier alpha value is -3.54. The lowest BCUT2D eigenvalue weighted by Gasteiger charge is -2.25. The van der Waals surface area contributed by atoms with E-state index in [9.17, 15) is 4.79 Å². The van der Waals surface area contributed by atoms with Crippen molar-refractivity contribution in [1.29, 1.82) is 0 Å². The van der Waals surface area contributed by atoms with Crippen LogP contribution in [0, 0.1) is 0 Å². The van der Waals surface area contributed by atoms with Gasteiger partial charge < -0.3 is 14.4 Å². The van der Waals surface area contributed by atoms with Crippen LogP contribution in [0.4, 0.5) is 5.69 Å². The fraction of sp³-hybridized carbons (Fsp3) is 0.308. The van der Waals surface area contributed by atoms with Crippen molar-refractivity contribution in [3.8, 4) is 11.5 Å². The highest BCUT2D eigenvalue weighted by Crippen LogP contribution is 2.35. The maximum atomic E-state index is 12.5. The lowest BCUT2D eigenvalue weighted by molar-refractivity contribution is -0.130. The Morgan fingerprint density at radius 2 is 1.69 bits per heavy atom. The highest BCUT2D eigenvalue weighted by molar-refractivity contribution is 5.88. The molecule has 0 saturated heterocycles. The minimum Gasteiger partial charge on any atom is -0.485 e. The minimum atomic E-state index is -0.750. The van der Waals surface area contributed by atoms with Crippen LogP contribution in [0.2, 0.25) is 0 Å². The number of benzene rings is 3. The summed E-state index contributed by atoms with van der Waals surface area (Å²) in [7, 11) is 0. The Morgan fingerprint density at radius 1 is 1.03 bits per heavy atom. The number of nitrogens with zero attached hydrogens (tertiary/aromatic N) is 2. The molecule has 0 aromatic heterocycles. The molecule has 1 N–H and O–H groups in total. The smallest absolute Gasteiger partial charge is 0.284 e. The van der Waals surface area contributed by atoms with Gasteiger partial charge in [-0.3, -0.25) is 4.79 Å². The van der Waals surface area contributed by atoms with E-state index in [0.717, 1.165) is 42.3 Å². The van der Waals surface area contributed by atoms with Crippen molar-refractivity contribution >= 4 is 28.6 Å². The number of fused-ring (bicyclic) bond motifs is 2. The molecule has 1 aliphatic rings. The predicted octanol–water partition coefficient (Wildman–Crippen LogP) is 4.76. The van der Waals surface area contributed by atoms with Gasteiger partial charge in [0.2, 0.25) is 6.10 Å². The zero-order chi connectivity index (χ0) is 22.3. The van der Waals surface area contributed by atoms with Crippen molar-refractivity contribution in [2.24, 2.45) is 5.10 Å². The normalized spacial score (nSPS) is 15.1. The molecule has 166 valence electrons. The number of hydrazone groups is 1. The second-order valence-corrected chi connectivity index (χ2v) is 7.88. The first-order valence-electron chi connectivity index (χ1n) is 11.2. The molecule has 0 bridgehead atoms. The van der Waals surface area contributed by atoms with E-state index >= 15 is 0 Å². The maximum absolute atomic E-state index is 12.5. The Kier molecular flexibility index (Phi) is 6.90. The van der Waals surface area contributed by atoms with E-state index in [1.54, 1.807) is 6.21 Å². The molecule has 0 radical (unpaired) electrons. The van der Waals surface area contributed by atoms with Gasteiger partial charge in [0.15, 0.2) is 11.5 Å². The van der Waals surface area contributed by atoms with Crippen molar-refractivity contribution in [1.82, 2.24) is 5.43 Å². The van der Waals surface area contributed by atoms with E-state index < -0.39 is 6.10 Å². The summed E-state index contributed by atoms with van der Waals surface area (Å²) in [6.07, 6.45) is 3.11. The highest BCUT2D eigenvalue weighted by Gasteiger charge is 2.27. The summed E-state index contributed by atoms with van der Waals surface area (Å²) in [6, 6.07) is 20.0. The molecule has 1 aliphatic heterocycles. The molecule has 6 heteroatoms. The lowest BCUT2D eigenvalue weighted by Crippen LogP contribution is -2.42. The average molecular weight is 432 g/mol. The number of anilines is 1. The largest absolute Gasteiger partial charge is 0.485 e. The Labute approximate surface area is 188 Å². The highest BCUT2D eigenvalue weighted by atomic mass is 16.6. The number of hydrogen-bond donors (Lipinski definition) is 1. The average Bonchev–Trinajstić information content (AvgIpc) is 2.82. The first kappa shape index (κ1) is 21.7. The van der Waals surface area contributed by atoms with Gasteiger partial charge in [-0.1, -0.05) is 50.2 Å². The van der Waals surface area contributed by atoms with E-state index in [0.29, 0.717) is 11.5 Å². The summed E-state index contributed by atoms with van der Waals surface area (Å²) < 4.78 is 11.6. The summed E-state index contributed by atoms with van der Waals surface area (Å²) >= 11 is 0. The molecule has 0 saturated carbocycles. The molecule has 0 spiro atoms. The quantitative estimate of drug-likeness (QED) is 0.413.